The SMILES string of the molecule is CN(C(=O)Nc1ccc(-c2cccc(C(F)(F)F)c2)cc1)C1CCNCC1.Cl. The van der Waals surface area contributed by atoms with Crippen LogP contribution < -0.4 is 10.6 Å². The number of carbonyl (C=O) groups is 1. The number of piperidine rings is 1. The summed E-state index contributed by atoms with van der Waals surface area (Å²) < 4.78 is 38.6. The van der Waals surface area contributed by atoms with Gasteiger partial charge in [0.1, 0.15) is 0 Å². The summed E-state index contributed by atoms with van der Waals surface area (Å²) in [4.78, 5) is 14.1. The van der Waals surface area contributed by atoms with Crippen LogP contribution in [0.25, 0.3) is 11.1 Å². The topological polar surface area (TPSA) is 44.4 Å². The molecule has 2 N–H and O–H groups in total. The summed E-state index contributed by atoms with van der Waals surface area (Å²) in [7, 11) is 1.78. The highest BCUT2D eigenvalue weighted by Crippen LogP contribution is 2.32. The van der Waals surface area contributed by atoms with E-state index in [1.165, 1.54) is 6.07 Å². The van der Waals surface area contributed by atoms with Crippen molar-refractivity contribution in [3.8, 4) is 11.1 Å². The second kappa shape index (κ2) is 9.30. The van der Waals surface area contributed by atoms with Gasteiger partial charge in [0.05, 0.1) is 5.56 Å². The van der Waals surface area contributed by atoms with Crippen LogP contribution >= 0.6 is 12.4 Å². The van der Waals surface area contributed by atoms with Gasteiger partial charge in [0.2, 0.25) is 0 Å². The van der Waals surface area contributed by atoms with Gasteiger partial charge in [-0.2, -0.15) is 13.2 Å². The molecule has 152 valence electrons. The first kappa shape index (κ1) is 22.0. The Hall–Kier alpha value is -2.25. The fourth-order valence-corrected chi connectivity index (χ4v) is 3.19. The number of anilines is 1. The van der Waals surface area contributed by atoms with Gasteiger partial charge in [0.25, 0.3) is 0 Å². The van der Waals surface area contributed by atoms with Crippen LogP contribution in [-0.4, -0.2) is 37.1 Å². The smallest absolute Gasteiger partial charge is 0.325 e. The molecule has 4 nitrogen and oxygen atoms in total. The Morgan fingerprint density at radius 1 is 1.07 bits per heavy atom. The van der Waals surface area contributed by atoms with Crippen LogP contribution in [0.2, 0.25) is 0 Å². The Morgan fingerprint density at radius 3 is 2.32 bits per heavy atom. The molecule has 28 heavy (non-hydrogen) atoms. The van der Waals surface area contributed by atoms with Gasteiger partial charge in [0.15, 0.2) is 0 Å². The number of alkyl halides is 3. The van der Waals surface area contributed by atoms with E-state index in [2.05, 4.69) is 10.6 Å². The van der Waals surface area contributed by atoms with E-state index in [1.807, 2.05) is 0 Å². The van der Waals surface area contributed by atoms with Gasteiger partial charge < -0.3 is 15.5 Å². The van der Waals surface area contributed by atoms with Crippen molar-refractivity contribution >= 4 is 24.1 Å². The molecule has 1 fully saturated rings. The number of rotatable bonds is 3. The molecule has 0 spiro atoms. The Kier molecular flexibility index (Phi) is 7.32. The average Bonchev–Trinajstić information content (AvgIpc) is 2.68. The van der Waals surface area contributed by atoms with Crippen LogP contribution in [0.15, 0.2) is 48.5 Å². The minimum Gasteiger partial charge on any atom is -0.325 e. The fraction of sp³-hybridized carbons (Fsp3) is 0.350. The van der Waals surface area contributed by atoms with E-state index in [0.29, 0.717) is 16.8 Å². The summed E-state index contributed by atoms with van der Waals surface area (Å²) >= 11 is 0. The maximum atomic E-state index is 12.9. The van der Waals surface area contributed by atoms with Gasteiger partial charge in [-0.05, 0) is 61.3 Å². The van der Waals surface area contributed by atoms with Crippen molar-refractivity contribution < 1.29 is 18.0 Å². The third-order valence-corrected chi connectivity index (χ3v) is 4.84. The molecule has 2 aromatic carbocycles. The highest BCUT2D eigenvalue weighted by molar-refractivity contribution is 5.89. The van der Waals surface area contributed by atoms with E-state index >= 15 is 0 Å². The number of nitrogens with one attached hydrogen (secondary N) is 2. The molecule has 0 aliphatic carbocycles. The van der Waals surface area contributed by atoms with Crippen molar-refractivity contribution in [2.24, 2.45) is 0 Å². The molecule has 2 aromatic rings. The van der Waals surface area contributed by atoms with E-state index in [9.17, 15) is 18.0 Å². The lowest BCUT2D eigenvalue weighted by Gasteiger charge is -2.31. The van der Waals surface area contributed by atoms with Crippen LogP contribution in [0.4, 0.5) is 23.7 Å². The van der Waals surface area contributed by atoms with Crippen molar-refractivity contribution in [3.63, 3.8) is 0 Å². The van der Waals surface area contributed by atoms with Crippen LogP contribution in [0, 0.1) is 0 Å². The highest BCUT2D eigenvalue weighted by atomic mass is 35.5. The first-order chi connectivity index (χ1) is 12.8. The number of urea groups is 1. The molecule has 1 aliphatic heterocycles. The molecular weight excluding hydrogens is 391 g/mol. The molecule has 3 rings (SSSR count). The van der Waals surface area contributed by atoms with Gasteiger partial charge in [-0.3, -0.25) is 0 Å². The van der Waals surface area contributed by atoms with E-state index in [1.54, 1.807) is 42.3 Å². The molecule has 8 heteroatoms. The maximum absolute atomic E-state index is 12.9. The van der Waals surface area contributed by atoms with Crippen LogP contribution in [-0.2, 0) is 6.18 Å². The zero-order valence-corrected chi connectivity index (χ0v) is 16.2. The molecule has 0 saturated carbocycles. The quantitative estimate of drug-likeness (QED) is 0.742. The van der Waals surface area contributed by atoms with Crippen molar-refractivity contribution in [2.75, 3.05) is 25.5 Å². The van der Waals surface area contributed by atoms with E-state index in [0.717, 1.165) is 38.1 Å². The summed E-state index contributed by atoms with van der Waals surface area (Å²) in [6.45, 7) is 1.79. The van der Waals surface area contributed by atoms with Crippen molar-refractivity contribution in [1.29, 1.82) is 0 Å². The largest absolute Gasteiger partial charge is 0.416 e. The molecule has 0 unspecified atom stereocenters. The lowest BCUT2D eigenvalue weighted by atomic mass is 10.0. The van der Waals surface area contributed by atoms with Crippen molar-refractivity contribution in [2.45, 2.75) is 25.1 Å². The molecule has 2 amide bonds. The minimum absolute atomic E-state index is 0. The molecule has 1 aliphatic rings. The van der Waals surface area contributed by atoms with Gasteiger partial charge in [0, 0.05) is 18.8 Å². The second-order valence-corrected chi connectivity index (χ2v) is 6.68. The first-order valence-corrected chi connectivity index (χ1v) is 8.87. The summed E-state index contributed by atoms with van der Waals surface area (Å²) in [5, 5.41) is 6.10. The van der Waals surface area contributed by atoms with Crippen molar-refractivity contribution in [3.05, 3.63) is 54.1 Å². The lowest BCUT2D eigenvalue weighted by Crippen LogP contribution is -2.45. The average molecular weight is 414 g/mol. The maximum Gasteiger partial charge on any atom is 0.416 e. The minimum atomic E-state index is -4.37. The molecule has 0 atom stereocenters. The number of hydrogen-bond acceptors (Lipinski definition) is 2. The highest BCUT2D eigenvalue weighted by Gasteiger charge is 2.30. The molecule has 0 bridgehead atoms. The third-order valence-electron chi connectivity index (χ3n) is 4.84. The predicted molar refractivity (Wildman–Crippen MR) is 107 cm³/mol. The van der Waals surface area contributed by atoms with Crippen LogP contribution in [0.3, 0.4) is 0 Å². The van der Waals surface area contributed by atoms with Crippen LogP contribution in [0.1, 0.15) is 18.4 Å². The Labute approximate surface area is 168 Å². The molecule has 1 saturated heterocycles. The van der Waals surface area contributed by atoms with Gasteiger partial charge in [-0.25, -0.2) is 4.79 Å². The fourth-order valence-electron chi connectivity index (χ4n) is 3.19. The number of benzene rings is 2. The number of halogens is 4. The van der Waals surface area contributed by atoms with E-state index in [4.69, 9.17) is 0 Å². The Balaban J connectivity index is 0.00000280. The van der Waals surface area contributed by atoms with Gasteiger partial charge >= 0.3 is 12.2 Å². The molecule has 1 heterocycles. The normalized spacial score (nSPS) is 14.9. The zero-order valence-electron chi connectivity index (χ0n) is 15.4. The molecular formula is C20H23ClF3N3O. The first-order valence-electron chi connectivity index (χ1n) is 8.87. The molecule has 0 radical (unpaired) electrons. The Bertz CT molecular complexity index is 790. The lowest BCUT2D eigenvalue weighted by molar-refractivity contribution is -0.137. The number of nitrogens with zero attached hydrogens (tertiary/aromatic N) is 1. The number of carbonyl (C=O) groups excluding carboxylic acids is 1. The third kappa shape index (κ3) is 5.39. The Morgan fingerprint density at radius 2 is 1.71 bits per heavy atom. The number of amides is 2. The second-order valence-electron chi connectivity index (χ2n) is 6.68. The van der Waals surface area contributed by atoms with Crippen molar-refractivity contribution in [1.82, 2.24) is 10.2 Å². The zero-order chi connectivity index (χ0) is 19.4. The van der Waals surface area contributed by atoms with Gasteiger partial charge in [-0.15, -0.1) is 12.4 Å². The standard InChI is InChI=1S/C20H22F3N3O.ClH/c1-26(18-9-11-24-12-10-18)19(27)25-17-7-5-14(6-8-17)15-3-2-4-16(13-15)20(21,22)23;/h2-8,13,18,24H,9-12H2,1H3,(H,25,27);1H. The number of hydrogen-bond donors (Lipinski definition) is 2. The van der Waals surface area contributed by atoms with Crippen LogP contribution in [0.5, 0.6) is 0 Å². The monoisotopic (exact) mass is 413 g/mol. The summed E-state index contributed by atoms with van der Waals surface area (Å²) in [6, 6.07) is 12.0. The summed E-state index contributed by atoms with van der Waals surface area (Å²) in [5.74, 6) is 0. The summed E-state index contributed by atoms with van der Waals surface area (Å²) in [5.41, 5.74) is 1.07. The predicted octanol–water partition coefficient (Wildman–Crippen LogP) is 5.01. The molecule has 0 aromatic heterocycles. The van der Waals surface area contributed by atoms with E-state index in [-0.39, 0.29) is 24.5 Å². The van der Waals surface area contributed by atoms with E-state index < -0.39 is 11.7 Å². The van der Waals surface area contributed by atoms with Gasteiger partial charge in [-0.1, -0.05) is 24.3 Å². The summed E-state index contributed by atoms with van der Waals surface area (Å²) in [6.07, 6.45) is -2.54.